The summed E-state index contributed by atoms with van der Waals surface area (Å²) in [5, 5.41) is 4.02. The highest BCUT2D eigenvalue weighted by atomic mass is 19.3. The van der Waals surface area contributed by atoms with Gasteiger partial charge in [0.15, 0.2) is 0 Å². The molecule has 0 aliphatic carbocycles. The standard InChI is InChI=1S/C17H13F2N2O/c1-22-14-9-7-13(8-10-14)21-16(11-15(20-21)17(18)19)12-5-3-2-4-6-12/h2-3,5-11,17H,1H3. The van der Waals surface area contributed by atoms with Crippen molar-refractivity contribution in [3.63, 3.8) is 0 Å². The molecule has 0 aliphatic rings. The van der Waals surface area contributed by atoms with E-state index >= 15 is 0 Å². The maximum Gasteiger partial charge on any atom is 0.282 e. The highest BCUT2D eigenvalue weighted by molar-refractivity contribution is 5.62. The number of alkyl halides is 2. The number of benzene rings is 2. The minimum Gasteiger partial charge on any atom is -0.497 e. The Morgan fingerprint density at radius 1 is 1.18 bits per heavy atom. The van der Waals surface area contributed by atoms with Gasteiger partial charge in [-0.3, -0.25) is 0 Å². The number of hydrogen-bond acceptors (Lipinski definition) is 2. The zero-order valence-corrected chi connectivity index (χ0v) is 11.8. The largest absolute Gasteiger partial charge is 0.497 e. The molecule has 0 unspecified atom stereocenters. The zero-order chi connectivity index (χ0) is 15.5. The molecule has 0 amide bonds. The van der Waals surface area contributed by atoms with Crippen LogP contribution in [0.3, 0.4) is 0 Å². The summed E-state index contributed by atoms with van der Waals surface area (Å²) in [6.07, 6.45) is -2.62. The molecule has 5 heteroatoms. The van der Waals surface area contributed by atoms with E-state index in [9.17, 15) is 8.78 Å². The molecule has 0 aliphatic heterocycles. The summed E-state index contributed by atoms with van der Waals surface area (Å²) in [6.45, 7) is 0. The highest BCUT2D eigenvalue weighted by Gasteiger charge is 2.17. The molecule has 22 heavy (non-hydrogen) atoms. The first-order chi connectivity index (χ1) is 10.7. The van der Waals surface area contributed by atoms with Gasteiger partial charge < -0.3 is 4.74 Å². The average molecular weight is 299 g/mol. The van der Waals surface area contributed by atoms with Gasteiger partial charge in [-0.25, -0.2) is 13.5 Å². The summed E-state index contributed by atoms with van der Waals surface area (Å²) in [5.41, 5.74) is 1.80. The lowest BCUT2D eigenvalue weighted by Crippen LogP contribution is -2.00. The van der Waals surface area contributed by atoms with Crippen LogP contribution in [-0.4, -0.2) is 16.9 Å². The van der Waals surface area contributed by atoms with Crippen molar-refractivity contribution in [1.29, 1.82) is 0 Å². The number of aromatic nitrogens is 2. The van der Waals surface area contributed by atoms with Crippen molar-refractivity contribution in [2.75, 3.05) is 7.11 Å². The van der Waals surface area contributed by atoms with Crippen LogP contribution in [0.15, 0.2) is 54.6 Å². The van der Waals surface area contributed by atoms with E-state index in [4.69, 9.17) is 4.74 Å². The Morgan fingerprint density at radius 3 is 2.55 bits per heavy atom. The summed E-state index contributed by atoms with van der Waals surface area (Å²) < 4.78 is 32.6. The molecular weight excluding hydrogens is 286 g/mol. The Hall–Kier alpha value is -2.69. The van der Waals surface area contributed by atoms with Crippen LogP contribution in [-0.2, 0) is 0 Å². The van der Waals surface area contributed by atoms with Crippen molar-refractivity contribution < 1.29 is 13.5 Å². The predicted molar refractivity (Wildman–Crippen MR) is 79.3 cm³/mol. The molecule has 0 spiro atoms. The summed E-state index contributed by atoms with van der Waals surface area (Å²) >= 11 is 0. The molecule has 2 aromatic carbocycles. The molecule has 0 fully saturated rings. The molecule has 1 radical (unpaired) electrons. The van der Waals surface area contributed by atoms with Crippen molar-refractivity contribution in [2.45, 2.75) is 6.43 Å². The number of nitrogens with zero attached hydrogens (tertiary/aromatic N) is 2. The summed E-state index contributed by atoms with van der Waals surface area (Å²) in [6, 6.07) is 18.6. The predicted octanol–water partition coefficient (Wildman–Crippen LogP) is 4.29. The Morgan fingerprint density at radius 2 is 1.95 bits per heavy atom. The molecule has 0 bridgehead atoms. The molecule has 1 aromatic heterocycles. The van der Waals surface area contributed by atoms with Crippen molar-refractivity contribution >= 4 is 0 Å². The number of hydrogen-bond donors (Lipinski definition) is 0. The van der Waals surface area contributed by atoms with Gasteiger partial charge in [-0.15, -0.1) is 0 Å². The minimum absolute atomic E-state index is 0.255. The maximum atomic E-state index is 13.0. The van der Waals surface area contributed by atoms with E-state index in [2.05, 4.69) is 11.2 Å². The van der Waals surface area contributed by atoms with Gasteiger partial charge in [0.05, 0.1) is 18.5 Å². The van der Waals surface area contributed by atoms with Gasteiger partial charge in [0.25, 0.3) is 6.43 Å². The lowest BCUT2D eigenvalue weighted by Gasteiger charge is -2.08. The molecule has 0 saturated heterocycles. The normalized spacial score (nSPS) is 10.9. The van der Waals surface area contributed by atoms with Gasteiger partial charge in [0.1, 0.15) is 11.4 Å². The Kier molecular flexibility index (Phi) is 3.87. The van der Waals surface area contributed by atoms with Crippen molar-refractivity contribution in [1.82, 2.24) is 9.78 Å². The number of rotatable bonds is 4. The van der Waals surface area contributed by atoms with Crippen LogP contribution in [0.25, 0.3) is 16.9 Å². The molecule has 0 saturated carbocycles. The summed E-state index contributed by atoms with van der Waals surface area (Å²) in [7, 11) is 1.57. The monoisotopic (exact) mass is 299 g/mol. The van der Waals surface area contributed by atoms with E-state index < -0.39 is 6.43 Å². The fourth-order valence-electron chi connectivity index (χ4n) is 2.18. The molecule has 3 nitrogen and oxygen atoms in total. The average Bonchev–Trinajstić information content (AvgIpc) is 3.01. The lowest BCUT2D eigenvalue weighted by atomic mass is 10.1. The van der Waals surface area contributed by atoms with E-state index in [1.807, 2.05) is 12.1 Å². The van der Waals surface area contributed by atoms with Gasteiger partial charge in [-0.05, 0) is 42.5 Å². The quantitative estimate of drug-likeness (QED) is 0.718. The SMILES string of the molecule is COc1ccc(-n2nc(C(F)F)cc2-c2c[c]ccc2)cc1. The molecule has 0 N–H and O–H groups in total. The molecule has 0 atom stereocenters. The third kappa shape index (κ3) is 2.70. The van der Waals surface area contributed by atoms with E-state index in [1.165, 1.54) is 10.7 Å². The zero-order valence-electron chi connectivity index (χ0n) is 11.8. The Balaban J connectivity index is 2.12. The minimum atomic E-state index is -2.62. The summed E-state index contributed by atoms with van der Waals surface area (Å²) in [5.74, 6) is 0.694. The first-order valence-electron chi connectivity index (χ1n) is 6.68. The molecule has 3 rings (SSSR count). The second-order valence-electron chi connectivity index (χ2n) is 4.66. The van der Waals surface area contributed by atoms with Crippen LogP contribution in [0.1, 0.15) is 12.1 Å². The van der Waals surface area contributed by atoms with Crippen LogP contribution in [0.2, 0.25) is 0 Å². The molecular formula is C17H13F2N2O. The highest BCUT2D eigenvalue weighted by Crippen LogP contribution is 2.28. The third-order valence-electron chi connectivity index (χ3n) is 3.27. The molecule has 111 valence electrons. The number of ether oxygens (including phenoxy) is 1. The first-order valence-corrected chi connectivity index (χ1v) is 6.68. The van der Waals surface area contributed by atoms with E-state index in [-0.39, 0.29) is 5.69 Å². The fourth-order valence-corrected chi connectivity index (χ4v) is 2.18. The van der Waals surface area contributed by atoms with Crippen LogP contribution < -0.4 is 4.74 Å². The summed E-state index contributed by atoms with van der Waals surface area (Å²) in [4.78, 5) is 0. The van der Waals surface area contributed by atoms with E-state index in [0.717, 1.165) is 5.56 Å². The topological polar surface area (TPSA) is 27.1 Å². The van der Waals surface area contributed by atoms with Gasteiger partial charge in [0, 0.05) is 5.56 Å². The second-order valence-corrected chi connectivity index (χ2v) is 4.66. The fraction of sp³-hybridized carbons (Fsp3) is 0.118. The number of halogens is 2. The van der Waals surface area contributed by atoms with Crippen molar-refractivity contribution in [3.8, 4) is 22.7 Å². The van der Waals surface area contributed by atoms with Crippen LogP contribution in [0.5, 0.6) is 5.75 Å². The van der Waals surface area contributed by atoms with Crippen LogP contribution in [0.4, 0.5) is 8.78 Å². The van der Waals surface area contributed by atoms with Crippen LogP contribution in [0, 0.1) is 6.07 Å². The number of methoxy groups -OCH3 is 1. The van der Waals surface area contributed by atoms with E-state index in [0.29, 0.717) is 17.1 Å². The van der Waals surface area contributed by atoms with Gasteiger partial charge in [-0.2, -0.15) is 5.10 Å². The second kappa shape index (κ2) is 5.97. The van der Waals surface area contributed by atoms with Crippen molar-refractivity contribution in [2.24, 2.45) is 0 Å². The third-order valence-corrected chi connectivity index (χ3v) is 3.27. The van der Waals surface area contributed by atoms with E-state index in [1.54, 1.807) is 43.5 Å². The first kappa shape index (κ1) is 14.3. The van der Waals surface area contributed by atoms with Gasteiger partial charge >= 0.3 is 0 Å². The Bertz CT molecular complexity index is 752. The smallest absolute Gasteiger partial charge is 0.282 e. The molecule has 3 aromatic rings. The lowest BCUT2D eigenvalue weighted by molar-refractivity contribution is 0.145. The van der Waals surface area contributed by atoms with Gasteiger partial charge in [0.2, 0.25) is 0 Å². The van der Waals surface area contributed by atoms with Crippen molar-refractivity contribution in [3.05, 3.63) is 66.4 Å². The Labute approximate surface area is 126 Å². The maximum absolute atomic E-state index is 13.0. The van der Waals surface area contributed by atoms with Crippen LogP contribution >= 0.6 is 0 Å². The van der Waals surface area contributed by atoms with Gasteiger partial charge in [-0.1, -0.05) is 18.2 Å². The molecule has 1 heterocycles.